The number of hydrogen-bond acceptors (Lipinski definition) is 2. The van der Waals surface area contributed by atoms with Crippen LogP contribution in [-0.4, -0.2) is 17.8 Å². The Bertz CT molecular complexity index is 141. The summed E-state index contributed by atoms with van der Waals surface area (Å²) in [6.07, 6.45) is 8.93. The van der Waals surface area contributed by atoms with Crippen LogP contribution >= 0.6 is 0 Å². The Hall–Kier alpha value is -0.0800. The maximum absolute atomic E-state index is 9.77. The third-order valence-electron chi connectivity index (χ3n) is 3.62. The van der Waals surface area contributed by atoms with E-state index < -0.39 is 0 Å². The largest absolute Gasteiger partial charge is 0.393 e. The maximum atomic E-state index is 9.77. The van der Waals surface area contributed by atoms with Crippen molar-refractivity contribution in [3.8, 4) is 0 Å². The molecule has 0 heterocycles. The highest BCUT2D eigenvalue weighted by Crippen LogP contribution is 2.28. The molecule has 84 valence electrons. The molecule has 0 saturated heterocycles. The molecule has 2 unspecified atom stereocenters. The molecule has 2 heteroatoms. The van der Waals surface area contributed by atoms with Crippen LogP contribution in [-0.2, 0) is 0 Å². The number of rotatable bonds is 5. The van der Waals surface area contributed by atoms with E-state index in [1.54, 1.807) is 0 Å². The first-order chi connectivity index (χ1) is 6.74. The topological polar surface area (TPSA) is 46.2 Å². The zero-order valence-electron chi connectivity index (χ0n) is 9.41. The van der Waals surface area contributed by atoms with Crippen molar-refractivity contribution in [1.82, 2.24) is 0 Å². The zero-order chi connectivity index (χ0) is 10.4. The minimum absolute atomic E-state index is 0.179. The van der Waals surface area contributed by atoms with Gasteiger partial charge in [0.2, 0.25) is 0 Å². The standard InChI is InChI=1S/C12H25NO/c1-10(9-13)12(14)8-7-11-5-3-2-4-6-11/h10-12,14H,2-9,13H2,1H3. The van der Waals surface area contributed by atoms with Gasteiger partial charge in [-0.05, 0) is 31.2 Å². The van der Waals surface area contributed by atoms with Crippen molar-refractivity contribution in [2.75, 3.05) is 6.54 Å². The van der Waals surface area contributed by atoms with Crippen LogP contribution in [0.2, 0.25) is 0 Å². The fourth-order valence-corrected chi connectivity index (χ4v) is 2.32. The lowest BCUT2D eigenvalue weighted by Crippen LogP contribution is -2.25. The van der Waals surface area contributed by atoms with Gasteiger partial charge in [-0.25, -0.2) is 0 Å². The van der Waals surface area contributed by atoms with E-state index in [1.807, 2.05) is 6.92 Å². The molecule has 0 aromatic heterocycles. The summed E-state index contributed by atoms with van der Waals surface area (Å²) in [6, 6.07) is 0. The summed E-state index contributed by atoms with van der Waals surface area (Å²) in [5.74, 6) is 1.14. The van der Waals surface area contributed by atoms with Crippen LogP contribution in [0.4, 0.5) is 0 Å². The normalized spacial score (nSPS) is 23.4. The van der Waals surface area contributed by atoms with Crippen molar-refractivity contribution in [2.24, 2.45) is 17.6 Å². The Morgan fingerprint density at radius 1 is 1.29 bits per heavy atom. The molecule has 1 aliphatic carbocycles. The molecule has 14 heavy (non-hydrogen) atoms. The fourth-order valence-electron chi connectivity index (χ4n) is 2.32. The highest BCUT2D eigenvalue weighted by atomic mass is 16.3. The average Bonchev–Trinajstić information content (AvgIpc) is 2.26. The van der Waals surface area contributed by atoms with Gasteiger partial charge in [-0.15, -0.1) is 0 Å². The van der Waals surface area contributed by atoms with Crippen molar-refractivity contribution in [3.63, 3.8) is 0 Å². The Kier molecular flexibility index (Phi) is 5.49. The molecule has 0 aromatic rings. The van der Waals surface area contributed by atoms with Gasteiger partial charge >= 0.3 is 0 Å². The highest BCUT2D eigenvalue weighted by Gasteiger charge is 2.17. The quantitative estimate of drug-likeness (QED) is 0.713. The van der Waals surface area contributed by atoms with Gasteiger partial charge in [0.1, 0.15) is 0 Å². The second-order valence-corrected chi connectivity index (χ2v) is 4.86. The Morgan fingerprint density at radius 3 is 2.50 bits per heavy atom. The number of hydrogen-bond donors (Lipinski definition) is 2. The van der Waals surface area contributed by atoms with Crippen molar-refractivity contribution in [2.45, 2.75) is 58.0 Å². The SMILES string of the molecule is CC(CN)C(O)CCC1CCCCC1. The van der Waals surface area contributed by atoms with Crippen molar-refractivity contribution < 1.29 is 5.11 Å². The first-order valence-corrected chi connectivity index (χ1v) is 6.12. The summed E-state index contributed by atoms with van der Waals surface area (Å²) >= 11 is 0. The summed E-state index contributed by atoms with van der Waals surface area (Å²) in [4.78, 5) is 0. The van der Waals surface area contributed by atoms with E-state index in [0.29, 0.717) is 6.54 Å². The lowest BCUT2D eigenvalue weighted by molar-refractivity contribution is 0.101. The number of aliphatic hydroxyl groups is 1. The molecule has 0 amide bonds. The molecular weight excluding hydrogens is 174 g/mol. The van der Waals surface area contributed by atoms with Gasteiger partial charge in [0.15, 0.2) is 0 Å². The van der Waals surface area contributed by atoms with E-state index in [0.717, 1.165) is 12.3 Å². The van der Waals surface area contributed by atoms with Gasteiger partial charge in [-0.1, -0.05) is 39.0 Å². The van der Waals surface area contributed by atoms with Crippen LogP contribution in [0.1, 0.15) is 51.9 Å². The smallest absolute Gasteiger partial charge is 0.0577 e. The van der Waals surface area contributed by atoms with Crippen LogP contribution in [0.25, 0.3) is 0 Å². The van der Waals surface area contributed by atoms with Crippen molar-refractivity contribution in [3.05, 3.63) is 0 Å². The van der Waals surface area contributed by atoms with Gasteiger partial charge in [0.25, 0.3) is 0 Å². The molecule has 2 nitrogen and oxygen atoms in total. The van der Waals surface area contributed by atoms with E-state index in [9.17, 15) is 5.11 Å². The fraction of sp³-hybridized carbons (Fsp3) is 1.00. The molecule has 3 N–H and O–H groups in total. The predicted molar refractivity (Wildman–Crippen MR) is 60.0 cm³/mol. The van der Waals surface area contributed by atoms with Gasteiger partial charge in [-0.2, -0.15) is 0 Å². The zero-order valence-corrected chi connectivity index (χ0v) is 9.41. The average molecular weight is 199 g/mol. The van der Waals surface area contributed by atoms with Crippen LogP contribution in [0, 0.1) is 11.8 Å². The maximum Gasteiger partial charge on any atom is 0.0577 e. The van der Waals surface area contributed by atoms with Gasteiger partial charge in [0.05, 0.1) is 6.10 Å². The van der Waals surface area contributed by atoms with Crippen LogP contribution in [0.3, 0.4) is 0 Å². The number of nitrogens with two attached hydrogens (primary N) is 1. The summed E-state index contributed by atoms with van der Waals surface area (Å²) in [5.41, 5.74) is 5.52. The monoisotopic (exact) mass is 199 g/mol. The molecule has 1 saturated carbocycles. The van der Waals surface area contributed by atoms with Gasteiger partial charge in [0, 0.05) is 0 Å². The van der Waals surface area contributed by atoms with Crippen LogP contribution < -0.4 is 5.73 Å². The molecule has 0 aromatic carbocycles. The molecule has 1 rings (SSSR count). The molecule has 0 aliphatic heterocycles. The van der Waals surface area contributed by atoms with Gasteiger partial charge in [-0.3, -0.25) is 0 Å². The lowest BCUT2D eigenvalue weighted by atomic mass is 9.84. The van der Waals surface area contributed by atoms with Crippen LogP contribution in [0.15, 0.2) is 0 Å². The van der Waals surface area contributed by atoms with E-state index >= 15 is 0 Å². The molecule has 0 spiro atoms. The second kappa shape index (κ2) is 6.41. The Labute approximate surface area is 87.9 Å². The molecule has 2 atom stereocenters. The minimum atomic E-state index is -0.179. The third-order valence-corrected chi connectivity index (χ3v) is 3.62. The second-order valence-electron chi connectivity index (χ2n) is 4.86. The first kappa shape index (κ1) is 12.0. The highest BCUT2D eigenvalue weighted by molar-refractivity contribution is 4.70. The van der Waals surface area contributed by atoms with E-state index in [2.05, 4.69) is 0 Å². The Balaban J connectivity index is 2.12. The molecule has 1 fully saturated rings. The van der Waals surface area contributed by atoms with Crippen LogP contribution in [0.5, 0.6) is 0 Å². The predicted octanol–water partition coefficient (Wildman–Crippen LogP) is 2.30. The summed E-state index contributed by atoms with van der Waals surface area (Å²) in [6.45, 7) is 2.64. The van der Waals surface area contributed by atoms with E-state index in [1.165, 1.54) is 38.5 Å². The first-order valence-electron chi connectivity index (χ1n) is 6.12. The lowest BCUT2D eigenvalue weighted by Gasteiger charge is -2.24. The molecule has 1 aliphatic rings. The summed E-state index contributed by atoms with van der Waals surface area (Å²) in [7, 11) is 0. The molecule has 0 bridgehead atoms. The van der Waals surface area contributed by atoms with Crippen molar-refractivity contribution in [1.29, 1.82) is 0 Å². The van der Waals surface area contributed by atoms with E-state index in [-0.39, 0.29) is 12.0 Å². The van der Waals surface area contributed by atoms with E-state index in [4.69, 9.17) is 5.73 Å². The summed E-state index contributed by atoms with van der Waals surface area (Å²) < 4.78 is 0. The van der Waals surface area contributed by atoms with Gasteiger partial charge < -0.3 is 10.8 Å². The molecular formula is C12H25NO. The molecule has 0 radical (unpaired) electrons. The number of aliphatic hydroxyl groups excluding tert-OH is 1. The minimum Gasteiger partial charge on any atom is -0.393 e. The Morgan fingerprint density at radius 2 is 1.93 bits per heavy atom. The summed E-state index contributed by atoms with van der Waals surface area (Å²) in [5, 5.41) is 9.77. The van der Waals surface area contributed by atoms with Crippen molar-refractivity contribution >= 4 is 0 Å². The third kappa shape index (κ3) is 3.97.